The molecule has 2 aromatic rings. The van der Waals surface area contributed by atoms with Crippen LogP contribution in [-0.2, 0) is 11.2 Å². The third-order valence-corrected chi connectivity index (χ3v) is 1.68. The molecule has 0 saturated heterocycles. The first-order valence-electron chi connectivity index (χ1n) is 3.80. The smallest absolute Gasteiger partial charge is 0.309 e. The Morgan fingerprint density at radius 2 is 2.43 bits per heavy atom. The van der Waals surface area contributed by atoms with Gasteiger partial charge in [-0.3, -0.25) is 14.6 Å². The van der Waals surface area contributed by atoms with E-state index >= 15 is 0 Å². The van der Waals surface area contributed by atoms with Crippen molar-refractivity contribution in [3.63, 3.8) is 0 Å². The monoisotopic (exact) mass is 194 g/mol. The van der Waals surface area contributed by atoms with Crippen molar-refractivity contribution in [3.8, 4) is 0 Å². The van der Waals surface area contributed by atoms with Crippen LogP contribution in [0, 0.1) is 0 Å². The maximum atomic E-state index is 11.1. The van der Waals surface area contributed by atoms with Crippen molar-refractivity contribution in [1.82, 2.24) is 19.6 Å². The third-order valence-electron chi connectivity index (χ3n) is 1.68. The minimum atomic E-state index is -1.02. The van der Waals surface area contributed by atoms with Crippen LogP contribution in [0.5, 0.6) is 0 Å². The fourth-order valence-corrected chi connectivity index (χ4v) is 1.18. The van der Waals surface area contributed by atoms with Crippen molar-refractivity contribution >= 4 is 11.7 Å². The van der Waals surface area contributed by atoms with Crippen LogP contribution in [0.4, 0.5) is 0 Å². The summed E-state index contributed by atoms with van der Waals surface area (Å²) < 4.78 is 1.29. The summed E-state index contributed by atoms with van der Waals surface area (Å²) in [6.07, 6.45) is 0.987. The average Bonchev–Trinajstić information content (AvgIpc) is 2.50. The molecule has 7 heteroatoms. The van der Waals surface area contributed by atoms with Crippen LogP contribution in [0.3, 0.4) is 0 Å². The van der Waals surface area contributed by atoms with Crippen molar-refractivity contribution in [2.45, 2.75) is 6.42 Å². The zero-order valence-electron chi connectivity index (χ0n) is 6.97. The third kappa shape index (κ3) is 1.35. The predicted molar refractivity (Wildman–Crippen MR) is 44.9 cm³/mol. The molecule has 2 aromatic heterocycles. The quantitative estimate of drug-likeness (QED) is 0.641. The summed E-state index contributed by atoms with van der Waals surface area (Å²) >= 11 is 0. The van der Waals surface area contributed by atoms with Gasteiger partial charge < -0.3 is 5.11 Å². The molecule has 0 aliphatic heterocycles. The van der Waals surface area contributed by atoms with Gasteiger partial charge in [0.1, 0.15) is 6.33 Å². The predicted octanol–water partition coefficient (Wildman–Crippen LogP) is -0.955. The van der Waals surface area contributed by atoms with E-state index in [2.05, 4.69) is 15.1 Å². The SMILES string of the molecule is O=C(O)Cc1cc(=O)[nH]c2ncnn12. The number of hydrogen-bond acceptors (Lipinski definition) is 4. The van der Waals surface area contributed by atoms with Crippen LogP contribution in [0.1, 0.15) is 5.69 Å². The van der Waals surface area contributed by atoms with Gasteiger partial charge in [0, 0.05) is 6.07 Å². The highest BCUT2D eigenvalue weighted by molar-refractivity contribution is 5.69. The average molecular weight is 194 g/mol. The number of H-pyrrole nitrogens is 1. The molecule has 7 nitrogen and oxygen atoms in total. The van der Waals surface area contributed by atoms with Crippen molar-refractivity contribution < 1.29 is 9.90 Å². The van der Waals surface area contributed by atoms with Crippen LogP contribution in [0.15, 0.2) is 17.2 Å². The number of carboxylic acids is 1. The summed E-state index contributed by atoms with van der Waals surface area (Å²) in [7, 11) is 0. The summed E-state index contributed by atoms with van der Waals surface area (Å²) in [6, 6.07) is 1.19. The van der Waals surface area contributed by atoms with E-state index in [9.17, 15) is 9.59 Å². The van der Waals surface area contributed by atoms with Gasteiger partial charge in [-0.25, -0.2) is 4.52 Å². The van der Waals surface area contributed by atoms with Gasteiger partial charge in [-0.05, 0) is 0 Å². The first-order chi connectivity index (χ1) is 6.66. The molecular weight excluding hydrogens is 188 g/mol. The molecule has 0 bridgehead atoms. The minimum absolute atomic E-state index is 0.244. The maximum Gasteiger partial charge on any atom is 0.309 e. The Labute approximate surface area is 77.0 Å². The molecular formula is C7H6N4O3. The Kier molecular flexibility index (Phi) is 1.77. The second-order valence-electron chi connectivity index (χ2n) is 2.69. The van der Waals surface area contributed by atoms with E-state index in [1.807, 2.05) is 0 Å². The Bertz CT molecular complexity index is 541. The van der Waals surface area contributed by atoms with E-state index in [0.717, 1.165) is 0 Å². The van der Waals surface area contributed by atoms with Gasteiger partial charge in [-0.15, -0.1) is 0 Å². The maximum absolute atomic E-state index is 11.1. The van der Waals surface area contributed by atoms with Crippen LogP contribution >= 0.6 is 0 Å². The van der Waals surface area contributed by atoms with Gasteiger partial charge in [0.25, 0.3) is 5.56 Å². The summed E-state index contributed by atoms with van der Waals surface area (Å²) in [6.45, 7) is 0. The highest BCUT2D eigenvalue weighted by Gasteiger charge is 2.08. The standard InChI is InChI=1S/C7H6N4O3/c12-5-1-4(2-6(13)14)11-7(10-5)8-3-9-11/h1,3H,2H2,(H,13,14)(H,8,9,10,12). The molecule has 72 valence electrons. The lowest BCUT2D eigenvalue weighted by Crippen LogP contribution is -2.15. The fourth-order valence-electron chi connectivity index (χ4n) is 1.18. The molecule has 0 saturated carbocycles. The van der Waals surface area contributed by atoms with E-state index in [4.69, 9.17) is 5.11 Å². The van der Waals surface area contributed by atoms with Crippen molar-refractivity contribution in [2.75, 3.05) is 0 Å². The number of aromatic nitrogens is 4. The van der Waals surface area contributed by atoms with Gasteiger partial charge in [-0.2, -0.15) is 10.1 Å². The highest BCUT2D eigenvalue weighted by atomic mass is 16.4. The Morgan fingerprint density at radius 3 is 3.14 bits per heavy atom. The zero-order chi connectivity index (χ0) is 10.1. The first kappa shape index (κ1) is 8.42. The lowest BCUT2D eigenvalue weighted by Gasteiger charge is -1.98. The Morgan fingerprint density at radius 1 is 1.64 bits per heavy atom. The number of hydrogen-bond donors (Lipinski definition) is 2. The van der Waals surface area contributed by atoms with Crippen LogP contribution in [0.25, 0.3) is 5.78 Å². The normalized spacial score (nSPS) is 10.6. The molecule has 14 heavy (non-hydrogen) atoms. The lowest BCUT2D eigenvalue weighted by atomic mass is 10.3. The highest BCUT2D eigenvalue weighted by Crippen LogP contribution is 1.98. The van der Waals surface area contributed by atoms with Crippen molar-refractivity contribution in [2.24, 2.45) is 0 Å². The molecule has 2 rings (SSSR count). The molecule has 0 unspecified atom stereocenters. The Hall–Kier alpha value is -2.18. The number of nitrogens with zero attached hydrogens (tertiary/aromatic N) is 3. The molecule has 0 aromatic carbocycles. The van der Waals surface area contributed by atoms with Gasteiger partial charge >= 0.3 is 5.97 Å². The molecule has 0 aliphatic rings. The summed E-state index contributed by atoms with van der Waals surface area (Å²) in [5.74, 6) is -0.777. The topological polar surface area (TPSA) is 100 Å². The van der Waals surface area contributed by atoms with E-state index in [1.165, 1.54) is 16.9 Å². The number of aliphatic carboxylic acids is 1. The van der Waals surface area contributed by atoms with Crippen LogP contribution < -0.4 is 5.56 Å². The molecule has 0 amide bonds. The van der Waals surface area contributed by atoms with Crippen LogP contribution in [-0.4, -0.2) is 30.7 Å². The fraction of sp³-hybridized carbons (Fsp3) is 0.143. The second-order valence-corrected chi connectivity index (χ2v) is 2.69. The van der Waals surface area contributed by atoms with Gasteiger partial charge in [0.2, 0.25) is 5.78 Å². The molecule has 2 heterocycles. The van der Waals surface area contributed by atoms with Gasteiger partial charge in [0.05, 0.1) is 12.1 Å². The minimum Gasteiger partial charge on any atom is -0.481 e. The molecule has 0 aliphatic carbocycles. The molecule has 0 spiro atoms. The molecule has 0 radical (unpaired) electrons. The molecule has 2 N–H and O–H groups in total. The summed E-state index contributed by atoms with van der Waals surface area (Å²) in [4.78, 5) is 27.7. The van der Waals surface area contributed by atoms with E-state index < -0.39 is 5.97 Å². The molecule has 0 fully saturated rings. The van der Waals surface area contributed by atoms with Crippen molar-refractivity contribution in [1.29, 1.82) is 0 Å². The van der Waals surface area contributed by atoms with E-state index in [-0.39, 0.29) is 17.8 Å². The van der Waals surface area contributed by atoms with Crippen molar-refractivity contribution in [3.05, 3.63) is 28.4 Å². The van der Waals surface area contributed by atoms with Gasteiger partial charge in [-0.1, -0.05) is 0 Å². The van der Waals surface area contributed by atoms with Crippen LogP contribution in [0.2, 0.25) is 0 Å². The number of carboxylic acid groups (broad SMARTS) is 1. The zero-order valence-corrected chi connectivity index (χ0v) is 6.97. The second kappa shape index (κ2) is 2.95. The summed E-state index contributed by atoms with van der Waals surface area (Å²) in [5, 5.41) is 12.4. The Balaban J connectivity index is 2.66. The number of rotatable bonds is 2. The van der Waals surface area contributed by atoms with E-state index in [0.29, 0.717) is 5.69 Å². The number of carbonyl (C=O) groups is 1. The first-order valence-corrected chi connectivity index (χ1v) is 3.80. The lowest BCUT2D eigenvalue weighted by molar-refractivity contribution is -0.136. The summed E-state index contributed by atoms with van der Waals surface area (Å²) in [5.41, 5.74) is -0.0875. The molecule has 0 atom stereocenters. The van der Waals surface area contributed by atoms with Gasteiger partial charge in [0.15, 0.2) is 0 Å². The number of aromatic amines is 1. The number of nitrogens with one attached hydrogen (secondary N) is 1. The number of fused-ring (bicyclic) bond motifs is 1. The van der Waals surface area contributed by atoms with E-state index in [1.54, 1.807) is 0 Å². The largest absolute Gasteiger partial charge is 0.481 e.